The highest BCUT2D eigenvalue weighted by atomic mass is 32.1. The van der Waals surface area contributed by atoms with E-state index in [4.69, 9.17) is 5.73 Å². The first-order chi connectivity index (χ1) is 4.20. The Balaban J connectivity index is 3.31. The topological polar surface area (TPSA) is 26.0 Å². The zero-order valence-electron chi connectivity index (χ0n) is 6.30. The summed E-state index contributed by atoms with van der Waals surface area (Å²) in [5.74, 6) is 2.30. The van der Waals surface area contributed by atoms with Crippen molar-refractivity contribution in [3.8, 4) is 0 Å². The van der Waals surface area contributed by atoms with E-state index in [1.807, 2.05) is 0 Å². The average Bonchev–Trinajstić information content (AvgIpc) is 1.82. The first-order valence-electron chi connectivity index (χ1n) is 3.51. The fourth-order valence-corrected chi connectivity index (χ4v) is 1.21. The van der Waals surface area contributed by atoms with E-state index in [0.717, 1.165) is 18.2 Å². The lowest BCUT2D eigenvalue weighted by Gasteiger charge is -2.13. The third-order valence-corrected chi connectivity index (χ3v) is 1.91. The highest BCUT2D eigenvalue weighted by Gasteiger charge is 2.05. The maximum absolute atomic E-state index is 5.48. The molecule has 56 valence electrons. The third-order valence-electron chi connectivity index (χ3n) is 1.40. The second kappa shape index (κ2) is 5.12. The molecule has 0 aliphatic carbocycles. The van der Waals surface area contributed by atoms with Gasteiger partial charge in [-0.1, -0.05) is 13.8 Å². The van der Waals surface area contributed by atoms with Gasteiger partial charge in [0.25, 0.3) is 0 Å². The van der Waals surface area contributed by atoms with Gasteiger partial charge < -0.3 is 5.73 Å². The monoisotopic (exact) mass is 147 g/mol. The highest BCUT2D eigenvalue weighted by Crippen LogP contribution is 2.10. The quantitative estimate of drug-likeness (QED) is 0.580. The molecule has 0 saturated heterocycles. The van der Waals surface area contributed by atoms with E-state index < -0.39 is 0 Å². The zero-order chi connectivity index (χ0) is 7.28. The maximum atomic E-state index is 5.48. The van der Waals surface area contributed by atoms with Crippen LogP contribution in [0.2, 0.25) is 0 Å². The van der Waals surface area contributed by atoms with Crippen molar-refractivity contribution in [2.24, 2.45) is 17.6 Å². The molecule has 2 N–H and O–H groups in total. The molecular formula is C7H17NS. The molecule has 1 nitrogen and oxygen atoms in total. The molecule has 0 aromatic rings. The predicted octanol–water partition coefficient (Wildman–Crippen LogP) is 1.54. The Bertz CT molecular complexity index is 59.9. The Kier molecular flexibility index (Phi) is 5.30. The minimum Gasteiger partial charge on any atom is -0.330 e. The molecule has 0 rings (SSSR count). The first kappa shape index (κ1) is 9.31. The van der Waals surface area contributed by atoms with Crippen molar-refractivity contribution >= 4 is 12.6 Å². The van der Waals surface area contributed by atoms with Crippen molar-refractivity contribution in [1.82, 2.24) is 0 Å². The molecule has 0 saturated carbocycles. The first-order valence-corrected chi connectivity index (χ1v) is 4.14. The summed E-state index contributed by atoms with van der Waals surface area (Å²) in [6.45, 7) is 5.21. The summed E-state index contributed by atoms with van der Waals surface area (Å²) in [5.41, 5.74) is 5.48. The molecule has 0 spiro atoms. The van der Waals surface area contributed by atoms with E-state index in [-0.39, 0.29) is 0 Å². The molecule has 0 bridgehead atoms. The van der Waals surface area contributed by atoms with E-state index in [2.05, 4.69) is 26.5 Å². The van der Waals surface area contributed by atoms with Gasteiger partial charge in [0.15, 0.2) is 0 Å². The van der Waals surface area contributed by atoms with Gasteiger partial charge in [-0.25, -0.2) is 0 Å². The number of hydrogen-bond acceptors (Lipinski definition) is 2. The van der Waals surface area contributed by atoms with Gasteiger partial charge in [-0.15, -0.1) is 0 Å². The smallest absolute Gasteiger partial charge is 0.00410 e. The number of nitrogens with two attached hydrogens (primary N) is 1. The fourth-order valence-electron chi connectivity index (χ4n) is 0.912. The fraction of sp³-hybridized carbons (Fsp3) is 1.00. The van der Waals surface area contributed by atoms with E-state index in [1.165, 1.54) is 6.42 Å². The number of rotatable bonds is 4. The summed E-state index contributed by atoms with van der Waals surface area (Å²) in [5, 5.41) is 0. The van der Waals surface area contributed by atoms with Gasteiger partial charge in [-0.3, -0.25) is 0 Å². The molecule has 0 aliphatic rings. The molecule has 0 aliphatic heterocycles. The van der Waals surface area contributed by atoms with Crippen LogP contribution in [-0.4, -0.2) is 12.3 Å². The van der Waals surface area contributed by atoms with Crippen molar-refractivity contribution < 1.29 is 0 Å². The van der Waals surface area contributed by atoms with Gasteiger partial charge in [-0.05, 0) is 30.6 Å². The summed E-state index contributed by atoms with van der Waals surface area (Å²) in [6, 6.07) is 0. The van der Waals surface area contributed by atoms with Crippen molar-refractivity contribution in [3.05, 3.63) is 0 Å². The molecule has 1 atom stereocenters. The Morgan fingerprint density at radius 3 is 2.11 bits per heavy atom. The van der Waals surface area contributed by atoms with Crippen LogP contribution in [-0.2, 0) is 0 Å². The van der Waals surface area contributed by atoms with Crippen LogP contribution < -0.4 is 5.73 Å². The molecule has 2 heteroatoms. The minimum absolute atomic E-state index is 0.619. The lowest BCUT2D eigenvalue weighted by Crippen LogP contribution is -2.17. The molecule has 0 fully saturated rings. The van der Waals surface area contributed by atoms with Crippen LogP contribution in [0, 0.1) is 11.8 Å². The Morgan fingerprint density at radius 2 is 2.00 bits per heavy atom. The average molecular weight is 147 g/mol. The molecule has 0 aromatic heterocycles. The van der Waals surface area contributed by atoms with Crippen LogP contribution in [0.5, 0.6) is 0 Å². The molecular weight excluding hydrogens is 130 g/mol. The molecule has 0 aromatic carbocycles. The predicted molar refractivity (Wildman–Crippen MR) is 45.9 cm³/mol. The van der Waals surface area contributed by atoms with Crippen LogP contribution in [0.4, 0.5) is 0 Å². The summed E-state index contributed by atoms with van der Waals surface area (Å²) in [7, 11) is 0. The van der Waals surface area contributed by atoms with Gasteiger partial charge >= 0.3 is 0 Å². The highest BCUT2D eigenvalue weighted by molar-refractivity contribution is 7.80. The lowest BCUT2D eigenvalue weighted by atomic mass is 9.99. The van der Waals surface area contributed by atoms with E-state index in [1.54, 1.807) is 0 Å². The molecule has 0 amide bonds. The molecule has 9 heavy (non-hydrogen) atoms. The van der Waals surface area contributed by atoms with E-state index in [0.29, 0.717) is 5.92 Å². The molecule has 1 unspecified atom stereocenters. The van der Waals surface area contributed by atoms with Crippen molar-refractivity contribution in [3.63, 3.8) is 0 Å². The number of hydrogen-bond donors (Lipinski definition) is 2. The van der Waals surface area contributed by atoms with Gasteiger partial charge in [-0.2, -0.15) is 12.6 Å². The summed E-state index contributed by atoms with van der Waals surface area (Å²) >= 11 is 4.19. The molecule has 0 radical (unpaired) electrons. The second-order valence-corrected chi connectivity index (χ2v) is 3.28. The van der Waals surface area contributed by atoms with Crippen molar-refractivity contribution in [2.75, 3.05) is 12.3 Å². The largest absolute Gasteiger partial charge is 0.330 e. The Hall–Kier alpha value is 0.310. The van der Waals surface area contributed by atoms with Crippen LogP contribution in [0.3, 0.4) is 0 Å². The Labute approximate surface area is 63.4 Å². The van der Waals surface area contributed by atoms with Crippen LogP contribution in [0.1, 0.15) is 20.3 Å². The van der Waals surface area contributed by atoms with Crippen molar-refractivity contribution in [1.29, 1.82) is 0 Å². The summed E-state index contributed by atoms with van der Waals surface area (Å²) in [6.07, 6.45) is 1.21. The van der Waals surface area contributed by atoms with Crippen LogP contribution in [0.15, 0.2) is 0 Å². The van der Waals surface area contributed by atoms with Gasteiger partial charge in [0.05, 0.1) is 0 Å². The summed E-state index contributed by atoms with van der Waals surface area (Å²) in [4.78, 5) is 0. The normalized spacial score (nSPS) is 14.3. The second-order valence-electron chi connectivity index (χ2n) is 2.91. The lowest BCUT2D eigenvalue weighted by molar-refractivity contribution is 0.453. The minimum atomic E-state index is 0.619. The number of thiol groups is 1. The van der Waals surface area contributed by atoms with E-state index >= 15 is 0 Å². The Morgan fingerprint density at radius 1 is 1.44 bits per heavy atom. The van der Waals surface area contributed by atoms with Gasteiger partial charge in [0.2, 0.25) is 0 Å². The maximum Gasteiger partial charge on any atom is -0.00410 e. The van der Waals surface area contributed by atoms with Crippen LogP contribution in [0.25, 0.3) is 0 Å². The van der Waals surface area contributed by atoms with Gasteiger partial charge in [0.1, 0.15) is 0 Å². The van der Waals surface area contributed by atoms with Crippen LogP contribution >= 0.6 is 12.6 Å². The van der Waals surface area contributed by atoms with Crippen molar-refractivity contribution in [2.45, 2.75) is 20.3 Å². The van der Waals surface area contributed by atoms with E-state index in [9.17, 15) is 0 Å². The molecule has 0 heterocycles. The summed E-state index contributed by atoms with van der Waals surface area (Å²) < 4.78 is 0. The zero-order valence-corrected chi connectivity index (χ0v) is 7.20. The SMILES string of the molecule is CC(C)CC(CN)CS. The standard InChI is InChI=1S/C7H17NS/c1-6(2)3-7(4-8)5-9/h6-7,9H,3-5,8H2,1-2H3. The third kappa shape index (κ3) is 4.79. The van der Waals surface area contributed by atoms with Gasteiger partial charge in [0, 0.05) is 0 Å².